The molecule has 1 aliphatic heterocycles. The fraction of sp³-hybridized carbons (Fsp3) is 0.467. The molecule has 0 aromatic carbocycles. The average Bonchev–Trinajstić information content (AvgIpc) is 2.97. The number of anilines is 1. The predicted octanol–water partition coefficient (Wildman–Crippen LogP) is 1.11. The summed E-state index contributed by atoms with van der Waals surface area (Å²) in [5.74, 6) is 2.85. The van der Waals surface area contributed by atoms with E-state index < -0.39 is 0 Å². The van der Waals surface area contributed by atoms with Crippen LogP contribution in [0.2, 0.25) is 0 Å². The van der Waals surface area contributed by atoms with E-state index in [1.807, 2.05) is 19.2 Å². The van der Waals surface area contributed by atoms with Gasteiger partial charge in [0.1, 0.15) is 11.5 Å². The molecule has 3 heterocycles. The zero-order valence-electron chi connectivity index (χ0n) is 12.3. The minimum absolute atomic E-state index is 0.777. The molecule has 112 valence electrons. The van der Waals surface area contributed by atoms with Crippen LogP contribution in [0.15, 0.2) is 35.0 Å². The lowest BCUT2D eigenvalue weighted by atomic mass is 10.3. The van der Waals surface area contributed by atoms with Crippen LogP contribution in [0, 0.1) is 0 Å². The molecule has 21 heavy (non-hydrogen) atoms. The first-order valence-electron chi connectivity index (χ1n) is 7.31. The number of piperazine rings is 1. The smallest absolute Gasteiger partial charge is 0.225 e. The fourth-order valence-corrected chi connectivity index (χ4v) is 2.56. The Morgan fingerprint density at radius 2 is 1.81 bits per heavy atom. The van der Waals surface area contributed by atoms with Gasteiger partial charge in [-0.05, 0) is 25.2 Å². The lowest BCUT2D eigenvalue weighted by Gasteiger charge is -2.34. The van der Waals surface area contributed by atoms with Gasteiger partial charge in [0, 0.05) is 38.6 Å². The highest BCUT2D eigenvalue weighted by molar-refractivity contribution is 5.29. The van der Waals surface area contributed by atoms with E-state index in [9.17, 15) is 0 Å². The Labute approximate surface area is 124 Å². The first-order chi connectivity index (χ1) is 10.3. The molecule has 3 rings (SSSR count). The van der Waals surface area contributed by atoms with Gasteiger partial charge in [0.15, 0.2) is 0 Å². The highest BCUT2D eigenvalue weighted by Crippen LogP contribution is 2.14. The third-order valence-corrected chi connectivity index (χ3v) is 3.66. The Kier molecular flexibility index (Phi) is 4.47. The van der Waals surface area contributed by atoms with E-state index in [0.29, 0.717) is 0 Å². The maximum atomic E-state index is 5.80. The van der Waals surface area contributed by atoms with Crippen LogP contribution in [0.3, 0.4) is 0 Å². The molecule has 2 aromatic heterocycles. The summed E-state index contributed by atoms with van der Waals surface area (Å²) in [4.78, 5) is 13.2. The van der Waals surface area contributed by atoms with Crippen molar-refractivity contribution in [1.29, 1.82) is 0 Å². The molecule has 1 aliphatic rings. The van der Waals surface area contributed by atoms with Crippen molar-refractivity contribution in [1.82, 2.24) is 20.2 Å². The van der Waals surface area contributed by atoms with E-state index in [-0.39, 0.29) is 0 Å². The number of hydrogen-bond acceptors (Lipinski definition) is 6. The summed E-state index contributed by atoms with van der Waals surface area (Å²) in [6.07, 6.45) is 3.59. The molecule has 0 radical (unpaired) electrons. The second-order valence-corrected chi connectivity index (χ2v) is 5.21. The number of hydrogen-bond donors (Lipinski definition) is 1. The van der Waals surface area contributed by atoms with Gasteiger partial charge in [-0.3, -0.25) is 4.90 Å². The average molecular weight is 287 g/mol. The van der Waals surface area contributed by atoms with Crippen molar-refractivity contribution in [3.8, 4) is 0 Å². The van der Waals surface area contributed by atoms with E-state index in [2.05, 4.69) is 31.2 Å². The quantitative estimate of drug-likeness (QED) is 0.889. The minimum atomic E-state index is 0.777. The van der Waals surface area contributed by atoms with Crippen LogP contribution in [0.5, 0.6) is 0 Å². The molecule has 0 spiro atoms. The Morgan fingerprint density at radius 1 is 1.10 bits per heavy atom. The molecule has 1 N–H and O–H groups in total. The summed E-state index contributed by atoms with van der Waals surface area (Å²) in [6, 6.07) is 5.96. The van der Waals surface area contributed by atoms with Crippen LogP contribution in [-0.2, 0) is 13.1 Å². The molecule has 0 unspecified atom stereocenters. The van der Waals surface area contributed by atoms with Gasteiger partial charge in [-0.15, -0.1) is 0 Å². The number of nitrogens with zero attached hydrogens (tertiary/aromatic N) is 4. The largest absolute Gasteiger partial charge is 0.463 e. The molecule has 2 aromatic rings. The first kappa shape index (κ1) is 14.0. The molecule has 0 atom stereocenters. The van der Waals surface area contributed by atoms with Crippen LogP contribution in [0.1, 0.15) is 11.5 Å². The SMILES string of the molecule is CNCc1ccc(CN2CCN(c3ncccn3)CC2)o1. The van der Waals surface area contributed by atoms with Gasteiger partial charge in [-0.25, -0.2) is 9.97 Å². The number of furan rings is 1. The zero-order chi connectivity index (χ0) is 14.5. The highest BCUT2D eigenvalue weighted by atomic mass is 16.3. The molecule has 1 saturated heterocycles. The van der Waals surface area contributed by atoms with Crippen LogP contribution >= 0.6 is 0 Å². The van der Waals surface area contributed by atoms with Crippen molar-refractivity contribution < 1.29 is 4.42 Å². The number of aromatic nitrogens is 2. The van der Waals surface area contributed by atoms with Crippen molar-refractivity contribution in [2.45, 2.75) is 13.1 Å². The number of rotatable bonds is 5. The monoisotopic (exact) mass is 287 g/mol. The fourth-order valence-electron chi connectivity index (χ4n) is 2.56. The Balaban J connectivity index is 1.51. The Hall–Kier alpha value is -1.92. The molecule has 0 amide bonds. The van der Waals surface area contributed by atoms with E-state index in [4.69, 9.17) is 4.42 Å². The first-order valence-corrected chi connectivity index (χ1v) is 7.31. The summed E-state index contributed by atoms with van der Waals surface area (Å²) >= 11 is 0. The van der Waals surface area contributed by atoms with Crippen molar-refractivity contribution in [3.05, 3.63) is 42.1 Å². The van der Waals surface area contributed by atoms with Crippen molar-refractivity contribution in [2.24, 2.45) is 0 Å². The maximum Gasteiger partial charge on any atom is 0.225 e. The Bertz CT molecular complexity index is 548. The number of nitrogens with one attached hydrogen (secondary N) is 1. The molecule has 0 saturated carbocycles. The third-order valence-electron chi connectivity index (χ3n) is 3.66. The van der Waals surface area contributed by atoms with Gasteiger partial charge < -0.3 is 14.6 Å². The van der Waals surface area contributed by atoms with Crippen molar-refractivity contribution in [2.75, 3.05) is 38.1 Å². The lowest BCUT2D eigenvalue weighted by Crippen LogP contribution is -2.46. The highest BCUT2D eigenvalue weighted by Gasteiger charge is 2.19. The third kappa shape index (κ3) is 3.59. The summed E-state index contributed by atoms with van der Waals surface area (Å²) < 4.78 is 5.80. The summed E-state index contributed by atoms with van der Waals surface area (Å²) in [5.41, 5.74) is 0. The molecular formula is C15H21N5O. The topological polar surface area (TPSA) is 57.4 Å². The lowest BCUT2D eigenvalue weighted by molar-refractivity contribution is 0.227. The van der Waals surface area contributed by atoms with Crippen molar-refractivity contribution in [3.63, 3.8) is 0 Å². The molecule has 1 fully saturated rings. The molecule has 6 nitrogen and oxygen atoms in total. The van der Waals surface area contributed by atoms with E-state index in [1.54, 1.807) is 12.4 Å². The predicted molar refractivity (Wildman–Crippen MR) is 81.0 cm³/mol. The molecule has 0 bridgehead atoms. The van der Waals surface area contributed by atoms with Crippen LogP contribution in [0.4, 0.5) is 5.95 Å². The second-order valence-electron chi connectivity index (χ2n) is 5.21. The summed E-state index contributed by atoms with van der Waals surface area (Å²) in [7, 11) is 1.92. The molecular weight excluding hydrogens is 266 g/mol. The van der Waals surface area contributed by atoms with Gasteiger partial charge in [0.25, 0.3) is 0 Å². The Morgan fingerprint density at radius 3 is 2.52 bits per heavy atom. The van der Waals surface area contributed by atoms with Crippen LogP contribution in [0.25, 0.3) is 0 Å². The second kappa shape index (κ2) is 6.69. The summed E-state index contributed by atoms with van der Waals surface area (Å²) in [5, 5.41) is 3.10. The normalized spacial score (nSPS) is 16.3. The van der Waals surface area contributed by atoms with E-state index >= 15 is 0 Å². The van der Waals surface area contributed by atoms with Crippen molar-refractivity contribution >= 4 is 5.95 Å². The van der Waals surface area contributed by atoms with E-state index in [1.165, 1.54) is 0 Å². The minimum Gasteiger partial charge on any atom is -0.463 e. The summed E-state index contributed by atoms with van der Waals surface area (Å²) in [6.45, 7) is 5.55. The molecule has 6 heteroatoms. The molecule has 0 aliphatic carbocycles. The van der Waals surface area contributed by atoms with Gasteiger partial charge >= 0.3 is 0 Å². The maximum absolute atomic E-state index is 5.80. The van der Waals surface area contributed by atoms with Crippen LogP contribution in [-0.4, -0.2) is 48.1 Å². The standard InChI is InChI=1S/C15H21N5O/c1-16-11-13-3-4-14(21-13)12-19-7-9-20(10-8-19)15-17-5-2-6-18-15/h2-6,16H,7-12H2,1H3. The van der Waals surface area contributed by atoms with Gasteiger partial charge in [-0.1, -0.05) is 0 Å². The van der Waals surface area contributed by atoms with Gasteiger partial charge in [0.05, 0.1) is 13.1 Å². The van der Waals surface area contributed by atoms with E-state index in [0.717, 1.165) is 56.7 Å². The van der Waals surface area contributed by atoms with Gasteiger partial charge in [0.2, 0.25) is 5.95 Å². The van der Waals surface area contributed by atoms with Crippen LogP contribution < -0.4 is 10.2 Å². The van der Waals surface area contributed by atoms with Gasteiger partial charge in [-0.2, -0.15) is 0 Å². The zero-order valence-corrected chi connectivity index (χ0v) is 12.3.